The number of nitrogens with two attached hydrogens (primary N) is 3. The molecule has 2 rings (SSSR count). The fourth-order valence-corrected chi connectivity index (χ4v) is 3.07. The minimum Gasteiger partial charge on any atom is -0.403 e. The van der Waals surface area contributed by atoms with Gasteiger partial charge in [0.2, 0.25) is 0 Å². The minimum atomic E-state index is 0.522. The monoisotopic (exact) mass is 419 g/mol. The second-order valence-corrected chi connectivity index (χ2v) is 7.25. The first-order valence-corrected chi connectivity index (χ1v) is 10.8. The molecule has 0 radical (unpaired) electrons. The summed E-state index contributed by atoms with van der Waals surface area (Å²) in [5.41, 5.74) is 27.3. The molecule has 3 nitrogen and oxygen atoms in total. The highest BCUT2D eigenvalue weighted by Crippen LogP contribution is 2.30. The van der Waals surface area contributed by atoms with E-state index in [1.165, 1.54) is 0 Å². The molecule has 0 aromatic heterocycles. The molecule has 0 spiro atoms. The minimum absolute atomic E-state index is 0.522. The van der Waals surface area contributed by atoms with Gasteiger partial charge in [0.25, 0.3) is 0 Å². The van der Waals surface area contributed by atoms with Crippen LogP contribution in [0.25, 0.3) is 16.8 Å². The summed E-state index contributed by atoms with van der Waals surface area (Å²) >= 11 is 0. The maximum Gasteiger partial charge on any atom is 0.0468 e. The van der Waals surface area contributed by atoms with Gasteiger partial charge in [-0.1, -0.05) is 83.0 Å². The Bertz CT molecular complexity index is 917. The van der Waals surface area contributed by atoms with Crippen molar-refractivity contribution >= 4 is 5.70 Å². The zero-order valence-electron chi connectivity index (χ0n) is 20.3. The van der Waals surface area contributed by atoms with Crippen molar-refractivity contribution in [2.75, 3.05) is 0 Å². The van der Waals surface area contributed by atoms with E-state index in [0.717, 1.165) is 62.4 Å². The van der Waals surface area contributed by atoms with Gasteiger partial charge in [-0.3, -0.25) is 0 Å². The molecule has 2 aromatic carbocycles. The molecule has 0 aliphatic heterocycles. The Morgan fingerprint density at radius 3 is 1.84 bits per heavy atom. The highest BCUT2D eigenvalue weighted by molar-refractivity contribution is 5.78. The molecule has 6 N–H and O–H groups in total. The van der Waals surface area contributed by atoms with Gasteiger partial charge >= 0.3 is 0 Å². The van der Waals surface area contributed by atoms with Crippen LogP contribution in [0.5, 0.6) is 0 Å². The molecule has 31 heavy (non-hydrogen) atoms. The molecule has 0 unspecified atom stereocenters. The van der Waals surface area contributed by atoms with Crippen molar-refractivity contribution in [2.24, 2.45) is 17.2 Å². The molecule has 0 fully saturated rings. The summed E-state index contributed by atoms with van der Waals surface area (Å²) in [5, 5.41) is 0. The smallest absolute Gasteiger partial charge is 0.0468 e. The molecule has 0 aliphatic rings. The predicted molar refractivity (Wildman–Crippen MR) is 140 cm³/mol. The maximum absolute atomic E-state index is 6.42. The molecule has 0 atom stereocenters. The van der Waals surface area contributed by atoms with Gasteiger partial charge < -0.3 is 17.2 Å². The van der Waals surface area contributed by atoms with E-state index in [-0.39, 0.29) is 0 Å². The highest BCUT2D eigenvalue weighted by Gasteiger charge is 2.12. The van der Waals surface area contributed by atoms with E-state index in [9.17, 15) is 0 Å². The number of aryl methyl sites for hydroxylation is 1. The van der Waals surface area contributed by atoms with Gasteiger partial charge in [0, 0.05) is 29.1 Å². The molecule has 3 heteroatoms. The third-order valence-electron chi connectivity index (χ3n) is 4.64. The Morgan fingerprint density at radius 1 is 0.903 bits per heavy atom. The highest BCUT2D eigenvalue weighted by atomic mass is 14.6. The summed E-state index contributed by atoms with van der Waals surface area (Å²) in [6.45, 7) is 24.0. The molecular formula is C28H41N3. The Balaban J connectivity index is 0.00000113. The Hall–Kier alpha value is -3.04. The summed E-state index contributed by atoms with van der Waals surface area (Å²) in [4.78, 5) is 0. The average Bonchev–Trinajstić information content (AvgIpc) is 2.74. The summed E-state index contributed by atoms with van der Waals surface area (Å²) < 4.78 is 0. The van der Waals surface area contributed by atoms with Gasteiger partial charge in [0.15, 0.2) is 0 Å². The van der Waals surface area contributed by atoms with Crippen molar-refractivity contribution < 1.29 is 0 Å². The lowest BCUT2D eigenvalue weighted by atomic mass is 9.91. The maximum atomic E-state index is 6.42. The first-order valence-electron chi connectivity index (χ1n) is 10.8. The van der Waals surface area contributed by atoms with E-state index in [1.807, 2.05) is 46.8 Å². The standard InChI is InChI=1S/C22H26N2.C4H9N.C2H6/c1-14(2)21(15(3)4)22(24)19-11-10-17(12-16(19)5)20-9-7-6-8-18(20)13-23;1-3-4(2)5;1-2/h6-12H,1,3,13,23-24H2,2,4-5H3;2-3,5H2,1H3;1-2H3. The van der Waals surface area contributed by atoms with Gasteiger partial charge in [-0.25, -0.2) is 0 Å². The molecule has 168 valence electrons. The van der Waals surface area contributed by atoms with E-state index in [4.69, 9.17) is 17.2 Å². The molecule has 2 aromatic rings. The lowest BCUT2D eigenvalue weighted by Crippen LogP contribution is -2.05. The zero-order chi connectivity index (χ0) is 24.1. The second kappa shape index (κ2) is 14.1. The topological polar surface area (TPSA) is 78.1 Å². The molecule has 0 amide bonds. The normalized spacial score (nSPS) is 9.39. The summed E-state index contributed by atoms with van der Waals surface area (Å²) in [5.74, 6) is 0. The van der Waals surface area contributed by atoms with Crippen molar-refractivity contribution in [3.8, 4) is 11.1 Å². The van der Waals surface area contributed by atoms with Crippen LogP contribution in [0.2, 0.25) is 0 Å². The number of rotatable bonds is 6. The lowest BCUT2D eigenvalue weighted by Gasteiger charge is -2.16. The quantitative estimate of drug-likeness (QED) is 0.449. The number of benzene rings is 2. The molecule has 0 heterocycles. The van der Waals surface area contributed by atoms with Crippen LogP contribution in [-0.4, -0.2) is 0 Å². The third kappa shape index (κ3) is 8.31. The van der Waals surface area contributed by atoms with Crippen molar-refractivity contribution in [1.82, 2.24) is 0 Å². The van der Waals surface area contributed by atoms with Crippen molar-refractivity contribution in [1.29, 1.82) is 0 Å². The number of allylic oxidation sites excluding steroid dienone is 4. The molecular weight excluding hydrogens is 378 g/mol. The van der Waals surface area contributed by atoms with Crippen molar-refractivity contribution in [3.05, 3.63) is 101 Å². The summed E-state index contributed by atoms with van der Waals surface area (Å²) in [7, 11) is 0. The van der Waals surface area contributed by atoms with Gasteiger partial charge in [0.05, 0.1) is 0 Å². The van der Waals surface area contributed by atoms with Crippen LogP contribution in [-0.2, 0) is 6.54 Å². The van der Waals surface area contributed by atoms with Gasteiger partial charge in [-0.05, 0) is 60.6 Å². The Labute approximate surface area is 190 Å². The third-order valence-corrected chi connectivity index (χ3v) is 4.64. The van der Waals surface area contributed by atoms with Crippen molar-refractivity contribution in [3.63, 3.8) is 0 Å². The largest absolute Gasteiger partial charge is 0.403 e. The zero-order valence-corrected chi connectivity index (χ0v) is 20.3. The van der Waals surface area contributed by atoms with Crippen LogP contribution >= 0.6 is 0 Å². The SMILES string of the molecule is C=C(C)C(C(=C)C)=C(N)c1ccc(-c2ccccc2CN)cc1C.C=C(N)CC.CC. The Morgan fingerprint density at radius 2 is 1.42 bits per heavy atom. The van der Waals surface area contributed by atoms with Crippen LogP contribution in [0.4, 0.5) is 0 Å². The summed E-state index contributed by atoms with van der Waals surface area (Å²) in [6.07, 6.45) is 0.889. The van der Waals surface area contributed by atoms with Crippen LogP contribution < -0.4 is 17.2 Å². The fraction of sp³-hybridized carbons (Fsp3) is 0.286. The molecule has 0 saturated heterocycles. The number of hydrogen-bond acceptors (Lipinski definition) is 3. The van der Waals surface area contributed by atoms with Crippen LogP contribution in [0, 0.1) is 6.92 Å². The van der Waals surface area contributed by atoms with Crippen molar-refractivity contribution in [2.45, 2.75) is 54.5 Å². The fourth-order valence-electron chi connectivity index (χ4n) is 3.07. The molecule has 0 aliphatic carbocycles. The molecule has 0 bridgehead atoms. The van der Waals surface area contributed by atoms with Crippen LogP contribution in [0.3, 0.4) is 0 Å². The first-order chi connectivity index (χ1) is 14.6. The second-order valence-electron chi connectivity index (χ2n) is 7.25. The van der Waals surface area contributed by atoms with Crippen LogP contribution in [0.1, 0.15) is 57.7 Å². The lowest BCUT2D eigenvalue weighted by molar-refractivity contribution is 1.07. The Kier molecular flexibility index (Phi) is 12.7. The van der Waals surface area contributed by atoms with E-state index >= 15 is 0 Å². The predicted octanol–water partition coefficient (Wildman–Crippen LogP) is 6.84. The van der Waals surface area contributed by atoms with E-state index < -0.39 is 0 Å². The first kappa shape index (κ1) is 28.0. The van der Waals surface area contributed by atoms with E-state index in [1.54, 1.807) is 0 Å². The van der Waals surface area contributed by atoms with Gasteiger partial charge in [-0.15, -0.1) is 0 Å². The van der Waals surface area contributed by atoms with Gasteiger partial charge in [0.1, 0.15) is 0 Å². The average molecular weight is 420 g/mol. The van der Waals surface area contributed by atoms with E-state index in [0.29, 0.717) is 6.54 Å². The van der Waals surface area contributed by atoms with E-state index in [2.05, 4.69) is 57.0 Å². The van der Waals surface area contributed by atoms with Gasteiger partial charge in [-0.2, -0.15) is 0 Å². The number of hydrogen-bond donors (Lipinski definition) is 3. The molecule has 0 saturated carbocycles. The summed E-state index contributed by atoms with van der Waals surface area (Å²) in [6, 6.07) is 14.5. The van der Waals surface area contributed by atoms with Crippen LogP contribution in [0.15, 0.2) is 84.6 Å².